The topological polar surface area (TPSA) is 32.3 Å². The lowest BCUT2D eigenvalue weighted by molar-refractivity contribution is 0.282. The van der Waals surface area contributed by atoms with Gasteiger partial charge in [0.2, 0.25) is 0 Å². The second-order valence-corrected chi connectivity index (χ2v) is 4.97. The molecule has 0 aromatic heterocycles. The van der Waals surface area contributed by atoms with Gasteiger partial charge < -0.3 is 10.4 Å². The maximum absolute atomic E-state index is 13.4. The third-order valence-electron chi connectivity index (χ3n) is 2.58. The number of hydrogen-bond acceptors (Lipinski definition) is 2. The minimum atomic E-state index is -0.166. The van der Waals surface area contributed by atoms with Crippen molar-refractivity contribution in [1.82, 2.24) is 5.32 Å². The van der Waals surface area contributed by atoms with E-state index in [1.54, 1.807) is 12.1 Å². The molecule has 0 unspecified atom stereocenters. The predicted molar refractivity (Wildman–Crippen MR) is 71.4 cm³/mol. The van der Waals surface area contributed by atoms with E-state index in [1.165, 1.54) is 6.07 Å². The maximum Gasteiger partial charge on any atom is 0.127 e. The number of aliphatic hydroxyl groups is 1. The number of nitrogens with one attached hydrogen (secondary N) is 1. The van der Waals surface area contributed by atoms with Crippen LogP contribution >= 0.6 is 15.9 Å². The molecule has 0 heterocycles. The number of halogens is 2. The summed E-state index contributed by atoms with van der Waals surface area (Å²) in [6.07, 6.45) is 4.10. The van der Waals surface area contributed by atoms with Crippen molar-refractivity contribution in [3.63, 3.8) is 0 Å². The lowest BCUT2D eigenvalue weighted by Crippen LogP contribution is -2.15. The quantitative estimate of drug-likeness (QED) is 0.723. The van der Waals surface area contributed by atoms with Crippen LogP contribution in [0.15, 0.2) is 22.7 Å². The van der Waals surface area contributed by atoms with E-state index in [9.17, 15) is 4.39 Å². The summed E-state index contributed by atoms with van der Waals surface area (Å²) in [7, 11) is 0. The molecule has 0 aliphatic heterocycles. The fraction of sp³-hybridized carbons (Fsp3) is 0.538. The SMILES string of the molecule is OCCCCCCNCc1cc(Br)ccc1F. The Labute approximate surface area is 110 Å². The largest absolute Gasteiger partial charge is 0.396 e. The summed E-state index contributed by atoms with van der Waals surface area (Å²) in [4.78, 5) is 0. The van der Waals surface area contributed by atoms with Crippen LogP contribution in [0.5, 0.6) is 0 Å². The first-order valence-electron chi connectivity index (χ1n) is 5.99. The highest BCUT2D eigenvalue weighted by Crippen LogP contribution is 2.15. The van der Waals surface area contributed by atoms with Crippen LogP contribution in [0, 0.1) is 5.82 Å². The molecular weight excluding hydrogens is 285 g/mol. The molecule has 0 bridgehead atoms. The fourth-order valence-electron chi connectivity index (χ4n) is 1.62. The van der Waals surface area contributed by atoms with E-state index < -0.39 is 0 Å². The molecule has 0 saturated heterocycles. The Morgan fingerprint density at radius 3 is 2.71 bits per heavy atom. The van der Waals surface area contributed by atoms with Crippen LogP contribution in [0.1, 0.15) is 31.2 Å². The lowest BCUT2D eigenvalue weighted by atomic mass is 10.2. The van der Waals surface area contributed by atoms with Gasteiger partial charge in [-0.1, -0.05) is 28.8 Å². The van der Waals surface area contributed by atoms with E-state index in [0.29, 0.717) is 12.1 Å². The molecule has 17 heavy (non-hydrogen) atoms. The summed E-state index contributed by atoms with van der Waals surface area (Å²) in [5, 5.41) is 11.8. The van der Waals surface area contributed by atoms with Crippen LogP contribution in [0.3, 0.4) is 0 Å². The molecule has 1 rings (SSSR count). The molecule has 1 aromatic carbocycles. The summed E-state index contributed by atoms with van der Waals surface area (Å²) in [5.74, 6) is -0.166. The zero-order valence-corrected chi connectivity index (χ0v) is 11.5. The number of aliphatic hydroxyl groups excluding tert-OH is 1. The van der Waals surface area contributed by atoms with Gasteiger partial charge in [0.15, 0.2) is 0 Å². The maximum atomic E-state index is 13.4. The van der Waals surface area contributed by atoms with Gasteiger partial charge in [-0.15, -0.1) is 0 Å². The van der Waals surface area contributed by atoms with Crippen molar-refractivity contribution in [3.05, 3.63) is 34.1 Å². The van der Waals surface area contributed by atoms with Gasteiger partial charge >= 0.3 is 0 Å². The highest BCUT2D eigenvalue weighted by molar-refractivity contribution is 9.10. The predicted octanol–water partition coefficient (Wildman–Crippen LogP) is 3.23. The summed E-state index contributed by atoms with van der Waals surface area (Å²) in [6.45, 7) is 1.72. The Bertz CT molecular complexity index is 333. The first-order valence-corrected chi connectivity index (χ1v) is 6.79. The average molecular weight is 304 g/mol. The van der Waals surface area contributed by atoms with Crippen molar-refractivity contribution >= 4 is 15.9 Å². The van der Waals surface area contributed by atoms with Gasteiger partial charge in [-0.3, -0.25) is 0 Å². The summed E-state index contributed by atoms with van der Waals surface area (Å²) >= 11 is 3.33. The Balaban J connectivity index is 2.15. The van der Waals surface area contributed by atoms with Crippen molar-refractivity contribution in [2.24, 2.45) is 0 Å². The van der Waals surface area contributed by atoms with Crippen LogP contribution < -0.4 is 5.32 Å². The third-order valence-corrected chi connectivity index (χ3v) is 3.08. The first-order chi connectivity index (χ1) is 8.24. The van der Waals surface area contributed by atoms with Gasteiger partial charge in [0.1, 0.15) is 5.82 Å². The zero-order valence-electron chi connectivity index (χ0n) is 9.88. The molecule has 0 radical (unpaired) electrons. The molecule has 2 N–H and O–H groups in total. The fourth-order valence-corrected chi connectivity index (χ4v) is 2.03. The summed E-state index contributed by atoms with van der Waals surface area (Å²) in [6, 6.07) is 4.98. The molecule has 0 spiro atoms. The molecule has 0 saturated carbocycles. The molecular formula is C13H19BrFNO. The molecule has 1 aromatic rings. The number of hydrogen-bond donors (Lipinski definition) is 2. The first kappa shape index (κ1) is 14.6. The number of benzene rings is 1. The Kier molecular flexibility index (Phi) is 7.40. The Hall–Kier alpha value is -0.450. The molecule has 0 amide bonds. The van der Waals surface area contributed by atoms with E-state index >= 15 is 0 Å². The van der Waals surface area contributed by atoms with Crippen LogP contribution in [0.2, 0.25) is 0 Å². The monoisotopic (exact) mass is 303 g/mol. The molecule has 4 heteroatoms. The third kappa shape index (κ3) is 6.15. The number of unbranched alkanes of at least 4 members (excludes halogenated alkanes) is 3. The molecule has 0 atom stereocenters. The molecule has 0 aliphatic rings. The second-order valence-electron chi connectivity index (χ2n) is 4.05. The Morgan fingerprint density at radius 2 is 1.94 bits per heavy atom. The van der Waals surface area contributed by atoms with Crippen LogP contribution in [-0.4, -0.2) is 18.3 Å². The van der Waals surface area contributed by atoms with Gasteiger partial charge in [-0.25, -0.2) is 4.39 Å². The summed E-state index contributed by atoms with van der Waals surface area (Å²) in [5.41, 5.74) is 0.690. The van der Waals surface area contributed by atoms with Gasteiger partial charge in [-0.05, 0) is 37.6 Å². The smallest absolute Gasteiger partial charge is 0.127 e. The van der Waals surface area contributed by atoms with Crippen molar-refractivity contribution in [1.29, 1.82) is 0 Å². The Morgan fingerprint density at radius 1 is 1.18 bits per heavy atom. The molecule has 0 aliphatic carbocycles. The lowest BCUT2D eigenvalue weighted by Gasteiger charge is -2.06. The van der Waals surface area contributed by atoms with Gasteiger partial charge in [-0.2, -0.15) is 0 Å². The average Bonchev–Trinajstić information content (AvgIpc) is 2.32. The van der Waals surface area contributed by atoms with Gasteiger partial charge in [0.25, 0.3) is 0 Å². The van der Waals surface area contributed by atoms with E-state index in [-0.39, 0.29) is 12.4 Å². The highest BCUT2D eigenvalue weighted by Gasteiger charge is 2.01. The van der Waals surface area contributed by atoms with E-state index in [2.05, 4.69) is 21.2 Å². The zero-order chi connectivity index (χ0) is 12.5. The minimum Gasteiger partial charge on any atom is -0.396 e. The van der Waals surface area contributed by atoms with E-state index in [1.807, 2.05) is 0 Å². The van der Waals surface area contributed by atoms with Gasteiger partial charge in [0, 0.05) is 23.2 Å². The van der Waals surface area contributed by atoms with Crippen LogP contribution in [0.25, 0.3) is 0 Å². The van der Waals surface area contributed by atoms with Crippen molar-refractivity contribution in [2.75, 3.05) is 13.2 Å². The van der Waals surface area contributed by atoms with Gasteiger partial charge in [0.05, 0.1) is 0 Å². The summed E-state index contributed by atoms with van der Waals surface area (Å²) < 4.78 is 14.3. The standard InChI is InChI=1S/C13H19BrFNO/c14-12-5-6-13(15)11(9-12)10-16-7-3-1-2-4-8-17/h5-6,9,16-17H,1-4,7-8,10H2. The van der Waals surface area contributed by atoms with Crippen molar-refractivity contribution < 1.29 is 9.50 Å². The number of rotatable bonds is 8. The second kappa shape index (κ2) is 8.61. The normalized spacial score (nSPS) is 10.8. The van der Waals surface area contributed by atoms with Crippen molar-refractivity contribution in [3.8, 4) is 0 Å². The highest BCUT2D eigenvalue weighted by atomic mass is 79.9. The van der Waals surface area contributed by atoms with Crippen molar-refractivity contribution in [2.45, 2.75) is 32.2 Å². The van der Waals surface area contributed by atoms with Crippen LogP contribution in [-0.2, 0) is 6.54 Å². The molecule has 2 nitrogen and oxygen atoms in total. The van der Waals surface area contributed by atoms with E-state index in [4.69, 9.17) is 5.11 Å². The van der Waals surface area contributed by atoms with E-state index in [0.717, 1.165) is 36.7 Å². The molecule has 96 valence electrons. The van der Waals surface area contributed by atoms with Crippen LogP contribution in [0.4, 0.5) is 4.39 Å². The molecule has 0 fully saturated rings. The minimum absolute atomic E-state index is 0.166.